The second kappa shape index (κ2) is 7.46. The first kappa shape index (κ1) is 17.0. The van der Waals surface area contributed by atoms with E-state index in [1.54, 1.807) is 0 Å². The summed E-state index contributed by atoms with van der Waals surface area (Å²) >= 11 is 6.06. The minimum Gasteiger partial charge on any atom is -0.490 e. The number of hydrogen-bond acceptors (Lipinski definition) is 3. The Kier molecular flexibility index (Phi) is 4.89. The number of guanidine groups is 1. The molecule has 1 aliphatic carbocycles. The van der Waals surface area contributed by atoms with Crippen LogP contribution in [-0.2, 0) is 0 Å². The normalized spacial score (nSPS) is 22.3. The molecule has 0 unspecified atom stereocenters. The van der Waals surface area contributed by atoms with Crippen molar-refractivity contribution in [2.75, 3.05) is 18.5 Å². The summed E-state index contributed by atoms with van der Waals surface area (Å²) in [6, 6.07) is 14.0. The highest BCUT2D eigenvalue weighted by molar-refractivity contribution is 6.30. The molecule has 5 nitrogen and oxygen atoms in total. The Balaban J connectivity index is 1.35. The molecule has 2 aromatic carbocycles. The molecular weight excluding hydrogens is 350 g/mol. The number of ether oxygens (including phenoxy) is 2. The highest BCUT2D eigenvalue weighted by Crippen LogP contribution is 2.39. The fraction of sp³-hybridized carbons (Fsp3) is 0.350. The predicted octanol–water partition coefficient (Wildman–Crippen LogP) is 4.17. The van der Waals surface area contributed by atoms with Gasteiger partial charge in [0.1, 0.15) is 0 Å². The second-order valence-electron chi connectivity index (χ2n) is 6.73. The van der Waals surface area contributed by atoms with Gasteiger partial charge in [0, 0.05) is 23.2 Å². The van der Waals surface area contributed by atoms with Crippen LogP contribution in [0.25, 0.3) is 0 Å². The molecule has 0 radical (unpaired) electrons. The molecule has 0 atom stereocenters. The van der Waals surface area contributed by atoms with Crippen LogP contribution in [0, 0.1) is 0 Å². The van der Waals surface area contributed by atoms with E-state index in [-0.39, 0.29) is 6.04 Å². The van der Waals surface area contributed by atoms with E-state index < -0.39 is 0 Å². The molecule has 0 spiro atoms. The fourth-order valence-corrected chi connectivity index (χ4v) is 3.54. The first-order valence-corrected chi connectivity index (χ1v) is 9.30. The molecule has 3 N–H and O–H groups in total. The van der Waals surface area contributed by atoms with Crippen LogP contribution >= 0.6 is 11.6 Å². The zero-order valence-electron chi connectivity index (χ0n) is 14.5. The van der Waals surface area contributed by atoms with E-state index in [1.165, 1.54) is 5.56 Å². The summed E-state index contributed by atoms with van der Waals surface area (Å²) in [4.78, 5) is 4.58. The third-order valence-corrected chi connectivity index (χ3v) is 5.01. The summed E-state index contributed by atoms with van der Waals surface area (Å²) in [5.41, 5.74) is 8.20. The molecule has 0 bridgehead atoms. The first-order valence-electron chi connectivity index (χ1n) is 8.93. The topological polar surface area (TPSA) is 68.9 Å². The van der Waals surface area contributed by atoms with Gasteiger partial charge in [-0.3, -0.25) is 0 Å². The van der Waals surface area contributed by atoms with Crippen LogP contribution < -0.4 is 20.5 Å². The predicted molar refractivity (Wildman–Crippen MR) is 105 cm³/mol. The number of nitrogens with one attached hydrogen (secondary N) is 1. The standard InChI is InChI=1S/C20H22ClN3O2/c21-15-4-1-3-13(9-15)14-10-17(11-14)24-20(22)23-16-5-6-18-19(12-16)26-8-2-7-25-18/h1,3-6,9,12,14,17H,2,7-8,10-11H2,(H3,22,23,24). The Bertz CT molecular complexity index is 818. The zero-order valence-corrected chi connectivity index (χ0v) is 15.2. The molecule has 1 saturated carbocycles. The van der Waals surface area contributed by atoms with Crippen LogP contribution in [0.1, 0.15) is 30.7 Å². The van der Waals surface area contributed by atoms with Gasteiger partial charge in [0.05, 0.1) is 19.3 Å². The molecule has 1 aliphatic heterocycles. The van der Waals surface area contributed by atoms with Crippen molar-refractivity contribution in [2.45, 2.75) is 31.2 Å². The fourth-order valence-electron chi connectivity index (χ4n) is 3.34. The van der Waals surface area contributed by atoms with Crippen molar-refractivity contribution >= 4 is 23.2 Å². The molecule has 0 saturated heterocycles. The Morgan fingerprint density at radius 1 is 1.08 bits per heavy atom. The SMILES string of the molecule is NC(=NC1CC(c2cccc(Cl)c2)C1)Nc1ccc2c(c1)OCCCO2. The van der Waals surface area contributed by atoms with Crippen LogP contribution in [0.4, 0.5) is 5.69 Å². The number of nitrogens with zero attached hydrogens (tertiary/aromatic N) is 1. The molecule has 2 aromatic rings. The summed E-state index contributed by atoms with van der Waals surface area (Å²) in [7, 11) is 0. The Morgan fingerprint density at radius 2 is 1.88 bits per heavy atom. The van der Waals surface area contributed by atoms with Crippen LogP contribution in [0.2, 0.25) is 5.02 Å². The van der Waals surface area contributed by atoms with E-state index in [9.17, 15) is 0 Å². The average Bonchev–Trinajstić information content (AvgIpc) is 2.82. The van der Waals surface area contributed by atoms with Gasteiger partial charge in [-0.1, -0.05) is 23.7 Å². The Morgan fingerprint density at radius 3 is 2.69 bits per heavy atom. The number of aliphatic imine (C=N–C) groups is 1. The second-order valence-corrected chi connectivity index (χ2v) is 7.16. The van der Waals surface area contributed by atoms with E-state index in [0.717, 1.165) is 41.5 Å². The van der Waals surface area contributed by atoms with Crippen molar-refractivity contribution in [1.29, 1.82) is 0 Å². The van der Waals surface area contributed by atoms with Crippen LogP contribution in [0.3, 0.4) is 0 Å². The first-order chi connectivity index (χ1) is 12.7. The van der Waals surface area contributed by atoms with Gasteiger partial charge < -0.3 is 20.5 Å². The number of hydrogen-bond donors (Lipinski definition) is 2. The third kappa shape index (κ3) is 3.88. The van der Waals surface area contributed by atoms with Crippen LogP contribution in [-0.4, -0.2) is 25.2 Å². The van der Waals surface area contributed by atoms with E-state index in [1.807, 2.05) is 36.4 Å². The summed E-state index contributed by atoms with van der Waals surface area (Å²) in [6.45, 7) is 1.34. The van der Waals surface area contributed by atoms with Crippen molar-refractivity contribution in [3.63, 3.8) is 0 Å². The van der Waals surface area contributed by atoms with Crippen molar-refractivity contribution in [3.05, 3.63) is 53.1 Å². The van der Waals surface area contributed by atoms with Gasteiger partial charge in [-0.2, -0.15) is 0 Å². The van der Waals surface area contributed by atoms with Gasteiger partial charge >= 0.3 is 0 Å². The Labute approximate surface area is 158 Å². The molecule has 0 amide bonds. The maximum absolute atomic E-state index is 6.08. The Hall–Kier alpha value is -2.40. The van der Waals surface area contributed by atoms with Crippen LogP contribution in [0.15, 0.2) is 47.5 Å². The lowest BCUT2D eigenvalue weighted by Crippen LogP contribution is -2.31. The molecule has 2 aliphatic rings. The van der Waals surface area contributed by atoms with Gasteiger partial charge in [0.25, 0.3) is 0 Å². The highest BCUT2D eigenvalue weighted by atomic mass is 35.5. The summed E-state index contributed by atoms with van der Waals surface area (Å²) in [5.74, 6) is 2.44. The lowest BCUT2D eigenvalue weighted by atomic mass is 9.76. The molecule has 1 fully saturated rings. The number of halogens is 1. The summed E-state index contributed by atoms with van der Waals surface area (Å²) in [5, 5.41) is 3.93. The molecule has 6 heteroatoms. The maximum Gasteiger partial charge on any atom is 0.193 e. The van der Waals surface area contributed by atoms with E-state index in [2.05, 4.69) is 16.4 Å². The average molecular weight is 372 g/mol. The molecular formula is C20H22ClN3O2. The maximum atomic E-state index is 6.08. The minimum atomic E-state index is 0.242. The summed E-state index contributed by atoms with van der Waals surface area (Å²) in [6.07, 6.45) is 2.87. The quantitative estimate of drug-likeness (QED) is 0.627. The number of fused-ring (bicyclic) bond motifs is 1. The number of benzene rings is 2. The van der Waals surface area contributed by atoms with Gasteiger partial charge in [0.2, 0.25) is 0 Å². The van der Waals surface area contributed by atoms with Crippen molar-refractivity contribution in [2.24, 2.45) is 10.7 Å². The largest absolute Gasteiger partial charge is 0.490 e. The van der Waals surface area contributed by atoms with E-state index in [0.29, 0.717) is 25.1 Å². The monoisotopic (exact) mass is 371 g/mol. The smallest absolute Gasteiger partial charge is 0.193 e. The molecule has 1 heterocycles. The van der Waals surface area contributed by atoms with Crippen molar-refractivity contribution in [1.82, 2.24) is 0 Å². The molecule has 136 valence electrons. The number of anilines is 1. The van der Waals surface area contributed by atoms with Gasteiger partial charge in [0.15, 0.2) is 17.5 Å². The van der Waals surface area contributed by atoms with Gasteiger partial charge in [-0.05, 0) is 48.6 Å². The summed E-state index contributed by atoms with van der Waals surface area (Å²) < 4.78 is 11.3. The molecule has 0 aromatic heterocycles. The van der Waals surface area contributed by atoms with E-state index in [4.69, 9.17) is 26.8 Å². The van der Waals surface area contributed by atoms with E-state index >= 15 is 0 Å². The van der Waals surface area contributed by atoms with Crippen LogP contribution in [0.5, 0.6) is 11.5 Å². The lowest BCUT2D eigenvalue weighted by Gasteiger charge is -2.33. The molecule has 26 heavy (non-hydrogen) atoms. The minimum absolute atomic E-state index is 0.242. The molecule has 4 rings (SSSR count). The van der Waals surface area contributed by atoms with Crippen molar-refractivity contribution < 1.29 is 9.47 Å². The van der Waals surface area contributed by atoms with Gasteiger partial charge in [-0.25, -0.2) is 4.99 Å². The lowest BCUT2D eigenvalue weighted by molar-refractivity contribution is 0.297. The van der Waals surface area contributed by atoms with Crippen molar-refractivity contribution in [3.8, 4) is 11.5 Å². The zero-order chi connectivity index (χ0) is 17.9. The number of rotatable bonds is 3. The van der Waals surface area contributed by atoms with Gasteiger partial charge in [-0.15, -0.1) is 0 Å². The highest BCUT2D eigenvalue weighted by Gasteiger charge is 2.30. The number of nitrogens with two attached hydrogens (primary N) is 1. The third-order valence-electron chi connectivity index (χ3n) is 4.77.